The zero-order valence-corrected chi connectivity index (χ0v) is 13.0. The van der Waals surface area contributed by atoms with Crippen LogP contribution >= 0.6 is 11.3 Å². The molecule has 0 bridgehead atoms. The first-order valence-electron chi connectivity index (χ1n) is 6.78. The van der Waals surface area contributed by atoms with Gasteiger partial charge in [0.15, 0.2) is 0 Å². The molecule has 0 spiro atoms. The summed E-state index contributed by atoms with van der Waals surface area (Å²) >= 11 is 1.47. The van der Waals surface area contributed by atoms with Crippen molar-refractivity contribution in [1.29, 1.82) is 0 Å². The Hall–Kier alpha value is -1.29. The van der Waals surface area contributed by atoms with Gasteiger partial charge in [-0.3, -0.25) is 5.10 Å². The van der Waals surface area contributed by atoms with Gasteiger partial charge in [0, 0.05) is 35.8 Å². The van der Waals surface area contributed by atoms with Crippen molar-refractivity contribution in [1.82, 2.24) is 25.2 Å². The molecule has 1 fully saturated rings. The Morgan fingerprint density at radius 1 is 1.43 bits per heavy atom. The van der Waals surface area contributed by atoms with Crippen LogP contribution in [-0.2, 0) is 23.0 Å². The maximum atomic E-state index is 12.2. The number of aromatic amines is 1. The van der Waals surface area contributed by atoms with Crippen LogP contribution in [0.2, 0.25) is 0 Å². The number of H-pyrrole nitrogens is 1. The monoisotopic (exact) mass is 327 g/mol. The van der Waals surface area contributed by atoms with Gasteiger partial charge in [0.05, 0.1) is 4.90 Å². The summed E-state index contributed by atoms with van der Waals surface area (Å²) in [7, 11) is -3.45. The van der Waals surface area contributed by atoms with Crippen LogP contribution in [0.1, 0.15) is 23.5 Å². The van der Waals surface area contributed by atoms with Crippen LogP contribution in [0.4, 0.5) is 0 Å². The quantitative estimate of drug-likeness (QED) is 0.661. The van der Waals surface area contributed by atoms with Crippen molar-refractivity contribution < 1.29 is 8.42 Å². The lowest BCUT2D eigenvalue weighted by atomic mass is 10.4. The van der Waals surface area contributed by atoms with Crippen LogP contribution in [0.5, 0.6) is 0 Å². The average molecular weight is 327 g/mol. The second-order valence-electron chi connectivity index (χ2n) is 4.98. The van der Waals surface area contributed by atoms with E-state index in [2.05, 4.69) is 25.2 Å². The molecule has 0 amide bonds. The molecule has 0 unspecified atom stereocenters. The molecule has 3 rings (SSSR count). The van der Waals surface area contributed by atoms with Crippen LogP contribution < -0.4 is 10.0 Å². The van der Waals surface area contributed by atoms with Crippen molar-refractivity contribution >= 4 is 21.4 Å². The van der Waals surface area contributed by atoms with Crippen LogP contribution in [-0.4, -0.2) is 36.2 Å². The summed E-state index contributed by atoms with van der Waals surface area (Å²) in [6.45, 7) is 1.03. The Bertz CT molecular complexity index is 676. The Balaban J connectivity index is 1.53. The molecule has 9 heteroatoms. The standard InChI is InChI=1S/C12H17N5O2S2/c18-21(19,16-4-3-12-14-8-15-17-12)11-5-10(20-7-11)6-13-9-1-2-9/h5,7-9,13,16H,1-4,6H2,(H,14,15,17). The van der Waals surface area contributed by atoms with Gasteiger partial charge in [-0.25, -0.2) is 18.1 Å². The van der Waals surface area contributed by atoms with E-state index < -0.39 is 10.0 Å². The molecule has 21 heavy (non-hydrogen) atoms. The van der Waals surface area contributed by atoms with Crippen molar-refractivity contribution in [2.75, 3.05) is 6.54 Å². The first-order valence-corrected chi connectivity index (χ1v) is 9.14. The van der Waals surface area contributed by atoms with Crippen LogP contribution in [0.15, 0.2) is 22.7 Å². The lowest BCUT2D eigenvalue weighted by Gasteiger charge is -2.03. The van der Waals surface area contributed by atoms with Crippen molar-refractivity contribution in [3.8, 4) is 0 Å². The molecule has 7 nitrogen and oxygen atoms in total. The van der Waals surface area contributed by atoms with E-state index >= 15 is 0 Å². The summed E-state index contributed by atoms with van der Waals surface area (Å²) in [6, 6.07) is 2.35. The summed E-state index contributed by atoms with van der Waals surface area (Å²) in [5.74, 6) is 0.664. The SMILES string of the molecule is O=S(=O)(NCCc1ncn[nH]1)c1csc(CNC2CC2)c1. The molecule has 2 aromatic rings. The highest BCUT2D eigenvalue weighted by atomic mass is 32.2. The number of hydrogen-bond acceptors (Lipinski definition) is 6. The molecule has 114 valence electrons. The highest BCUT2D eigenvalue weighted by Crippen LogP contribution is 2.22. The van der Waals surface area contributed by atoms with E-state index in [1.165, 1.54) is 30.5 Å². The van der Waals surface area contributed by atoms with Gasteiger partial charge in [-0.2, -0.15) is 5.10 Å². The zero-order valence-electron chi connectivity index (χ0n) is 11.4. The third kappa shape index (κ3) is 4.10. The predicted octanol–water partition coefficient (Wildman–Crippen LogP) is 0.639. The van der Waals surface area contributed by atoms with Gasteiger partial charge >= 0.3 is 0 Å². The fourth-order valence-electron chi connectivity index (χ4n) is 1.86. The van der Waals surface area contributed by atoms with E-state index in [0.29, 0.717) is 29.7 Å². The van der Waals surface area contributed by atoms with Gasteiger partial charge in [0.25, 0.3) is 0 Å². The van der Waals surface area contributed by atoms with E-state index in [-0.39, 0.29) is 0 Å². The summed E-state index contributed by atoms with van der Waals surface area (Å²) < 4.78 is 26.9. The van der Waals surface area contributed by atoms with Crippen molar-refractivity contribution in [2.24, 2.45) is 0 Å². The molecule has 1 saturated carbocycles. The molecule has 0 saturated heterocycles. The van der Waals surface area contributed by atoms with Gasteiger partial charge in [-0.15, -0.1) is 11.3 Å². The molecule has 0 radical (unpaired) electrons. The van der Waals surface area contributed by atoms with Crippen LogP contribution in [0, 0.1) is 0 Å². The van der Waals surface area contributed by atoms with Gasteiger partial charge in [0.1, 0.15) is 12.2 Å². The van der Waals surface area contributed by atoms with E-state index in [1.807, 2.05) is 0 Å². The Morgan fingerprint density at radius 3 is 3.00 bits per heavy atom. The van der Waals surface area contributed by atoms with Gasteiger partial charge < -0.3 is 5.32 Å². The Labute approximate surface area is 127 Å². The number of thiophene rings is 1. The average Bonchev–Trinajstić information content (AvgIpc) is 2.93. The van der Waals surface area contributed by atoms with Crippen LogP contribution in [0.3, 0.4) is 0 Å². The third-order valence-corrected chi connectivity index (χ3v) is 5.73. The summed E-state index contributed by atoms with van der Waals surface area (Å²) in [6.07, 6.45) is 4.33. The number of sulfonamides is 1. The normalized spacial score (nSPS) is 15.4. The molecule has 1 aliphatic rings. The minimum Gasteiger partial charge on any atom is -0.309 e. The van der Waals surface area contributed by atoms with Gasteiger partial charge in [0.2, 0.25) is 10.0 Å². The minimum atomic E-state index is -3.45. The molecule has 3 N–H and O–H groups in total. The maximum Gasteiger partial charge on any atom is 0.241 e. The number of nitrogens with one attached hydrogen (secondary N) is 3. The van der Waals surface area contributed by atoms with Crippen LogP contribution in [0.25, 0.3) is 0 Å². The van der Waals surface area contributed by atoms with E-state index in [9.17, 15) is 8.42 Å². The second-order valence-corrected chi connectivity index (χ2v) is 7.75. The van der Waals surface area contributed by atoms with E-state index in [1.54, 1.807) is 11.4 Å². The largest absolute Gasteiger partial charge is 0.309 e. The fourth-order valence-corrected chi connectivity index (χ4v) is 4.12. The highest BCUT2D eigenvalue weighted by Gasteiger charge is 2.21. The highest BCUT2D eigenvalue weighted by molar-refractivity contribution is 7.89. The number of hydrogen-bond donors (Lipinski definition) is 3. The van der Waals surface area contributed by atoms with E-state index in [4.69, 9.17) is 0 Å². The molecule has 0 aromatic carbocycles. The predicted molar refractivity (Wildman–Crippen MR) is 79.5 cm³/mol. The molecule has 2 heterocycles. The molecule has 0 aliphatic heterocycles. The first kappa shape index (κ1) is 14.6. The number of aromatic nitrogens is 3. The zero-order chi connectivity index (χ0) is 14.7. The Morgan fingerprint density at radius 2 is 2.29 bits per heavy atom. The second kappa shape index (κ2) is 6.22. The van der Waals surface area contributed by atoms with Crippen molar-refractivity contribution in [3.63, 3.8) is 0 Å². The lowest BCUT2D eigenvalue weighted by Crippen LogP contribution is -2.26. The number of nitrogens with zero attached hydrogens (tertiary/aromatic N) is 2. The molecule has 2 aromatic heterocycles. The van der Waals surface area contributed by atoms with E-state index in [0.717, 1.165) is 11.4 Å². The van der Waals surface area contributed by atoms with Crippen molar-refractivity contribution in [3.05, 3.63) is 28.5 Å². The smallest absolute Gasteiger partial charge is 0.241 e. The molecular weight excluding hydrogens is 310 g/mol. The number of rotatable bonds is 8. The lowest BCUT2D eigenvalue weighted by molar-refractivity contribution is 0.581. The minimum absolute atomic E-state index is 0.295. The fraction of sp³-hybridized carbons (Fsp3) is 0.500. The topological polar surface area (TPSA) is 99.8 Å². The maximum absolute atomic E-state index is 12.2. The molecule has 1 aliphatic carbocycles. The van der Waals surface area contributed by atoms with Crippen molar-refractivity contribution in [2.45, 2.75) is 36.7 Å². The summed E-state index contributed by atoms with van der Waals surface area (Å²) in [5, 5.41) is 11.5. The molecule has 0 atom stereocenters. The summed E-state index contributed by atoms with van der Waals surface area (Å²) in [4.78, 5) is 5.32. The Kier molecular flexibility index (Phi) is 4.34. The van der Waals surface area contributed by atoms with Gasteiger partial charge in [-0.05, 0) is 18.9 Å². The summed E-state index contributed by atoms with van der Waals surface area (Å²) in [5.41, 5.74) is 0. The third-order valence-electron chi connectivity index (χ3n) is 3.20. The first-order chi connectivity index (χ1) is 10.1. The molecular formula is C12H17N5O2S2. The van der Waals surface area contributed by atoms with Gasteiger partial charge in [-0.1, -0.05) is 0 Å².